The van der Waals surface area contributed by atoms with Crippen LogP contribution in [0.1, 0.15) is 13.3 Å². The van der Waals surface area contributed by atoms with Crippen LogP contribution in [0.5, 0.6) is 0 Å². The minimum atomic E-state index is -0.241. The van der Waals surface area contributed by atoms with Gasteiger partial charge in [-0.25, -0.2) is 9.97 Å². The van der Waals surface area contributed by atoms with Crippen LogP contribution in [0.2, 0.25) is 5.02 Å². The minimum absolute atomic E-state index is 0.241. The molecule has 0 aliphatic carbocycles. The monoisotopic (exact) mass is 275 g/mol. The fraction of sp³-hybridized carbons (Fsp3) is 0.500. The van der Waals surface area contributed by atoms with E-state index in [2.05, 4.69) is 20.0 Å². The van der Waals surface area contributed by atoms with Gasteiger partial charge in [-0.15, -0.1) is 11.8 Å². The van der Waals surface area contributed by atoms with Crippen LogP contribution in [0.3, 0.4) is 0 Å². The zero-order valence-corrected chi connectivity index (χ0v) is 11.3. The molecule has 0 unspecified atom stereocenters. The Morgan fingerprint density at radius 1 is 1.65 bits per heavy atom. The molecular formula is C10H14ClN3O2S. The largest absolute Gasteiger partial charge is 0.469 e. The second-order valence-corrected chi connectivity index (χ2v) is 4.54. The van der Waals surface area contributed by atoms with Crippen LogP contribution in [-0.4, -0.2) is 35.3 Å². The number of thioether (sulfide) groups is 1. The zero-order valence-electron chi connectivity index (χ0n) is 9.70. The molecule has 17 heavy (non-hydrogen) atoms. The number of hydrogen-bond acceptors (Lipinski definition) is 6. The molecule has 0 bridgehead atoms. The molecular weight excluding hydrogens is 262 g/mol. The average molecular weight is 276 g/mol. The lowest BCUT2D eigenvalue weighted by molar-refractivity contribution is -0.140. The number of hydrogen-bond donors (Lipinski definition) is 1. The SMILES string of the molecule is CCNc1ncc(Cl)c(SCCC(=O)OC)n1. The third-order valence-electron chi connectivity index (χ3n) is 1.82. The normalized spacial score (nSPS) is 10.1. The van der Waals surface area contributed by atoms with Gasteiger partial charge in [-0.1, -0.05) is 11.6 Å². The van der Waals surface area contributed by atoms with Crippen molar-refractivity contribution in [3.63, 3.8) is 0 Å². The average Bonchev–Trinajstić information content (AvgIpc) is 2.33. The fourth-order valence-corrected chi connectivity index (χ4v) is 2.09. The second-order valence-electron chi connectivity index (χ2n) is 3.05. The summed E-state index contributed by atoms with van der Waals surface area (Å²) in [6.45, 7) is 2.70. The zero-order chi connectivity index (χ0) is 12.7. The van der Waals surface area contributed by atoms with Crippen molar-refractivity contribution in [1.82, 2.24) is 9.97 Å². The smallest absolute Gasteiger partial charge is 0.306 e. The highest BCUT2D eigenvalue weighted by Gasteiger charge is 2.07. The van der Waals surface area contributed by atoms with Gasteiger partial charge in [0, 0.05) is 12.3 Å². The molecule has 0 amide bonds. The molecule has 0 aromatic carbocycles. The Hall–Kier alpha value is -1.01. The van der Waals surface area contributed by atoms with Gasteiger partial charge in [0.1, 0.15) is 5.03 Å². The molecule has 0 radical (unpaired) electrons. The van der Waals surface area contributed by atoms with Gasteiger partial charge in [0.05, 0.1) is 24.8 Å². The number of nitrogens with zero attached hydrogens (tertiary/aromatic N) is 2. The number of halogens is 1. The first-order valence-corrected chi connectivity index (χ1v) is 6.49. The Bertz CT molecular complexity index is 390. The quantitative estimate of drug-likeness (QED) is 0.488. The fourth-order valence-electron chi connectivity index (χ4n) is 1.03. The number of rotatable bonds is 6. The van der Waals surface area contributed by atoms with Gasteiger partial charge in [0.2, 0.25) is 5.95 Å². The van der Waals surface area contributed by atoms with E-state index < -0.39 is 0 Å². The molecule has 0 saturated heterocycles. The topological polar surface area (TPSA) is 64.1 Å². The van der Waals surface area contributed by atoms with Crippen molar-refractivity contribution in [3.8, 4) is 0 Å². The first-order valence-electron chi connectivity index (χ1n) is 5.13. The van der Waals surface area contributed by atoms with E-state index in [0.717, 1.165) is 6.54 Å². The van der Waals surface area contributed by atoms with Crippen LogP contribution in [0.25, 0.3) is 0 Å². The summed E-state index contributed by atoms with van der Waals surface area (Å²) in [6, 6.07) is 0. The van der Waals surface area contributed by atoms with Gasteiger partial charge in [-0.05, 0) is 6.92 Å². The molecule has 7 heteroatoms. The molecule has 0 aliphatic rings. The molecule has 0 spiro atoms. The van der Waals surface area contributed by atoms with Gasteiger partial charge >= 0.3 is 5.97 Å². The van der Waals surface area contributed by atoms with E-state index in [1.807, 2.05) is 6.92 Å². The number of carbonyl (C=O) groups excluding carboxylic acids is 1. The van der Waals surface area contributed by atoms with Crippen molar-refractivity contribution in [2.24, 2.45) is 0 Å². The third kappa shape index (κ3) is 4.79. The predicted octanol–water partition coefficient (Wildman–Crippen LogP) is 2.22. The molecule has 1 N–H and O–H groups in total. The summed E-state index contributed by atoms with van der Waals surface area (Å²) in [6.07, 6.45) is 1.88. The molecule has 0 saturated carbocycles. The van der Waals surface area contributed by atoms with E-state index in [-0.39, 0.29) is 5.97 Å². The summed E-state index contributed by atoms with van der Waals surface area (Å²) < 4.78 is 4.55. The molecule has 0 aliphatic heterocycles. The summed E-state index contributed by atoms with van der Waals surface area (Å²) >= 11 is 7.36. The molecule has 1 aromatic heterocycles. The summed E-state index contributed by atoms with van der Waals surface area (Å²) in [5, 5.41) is 4.16. The molecule has 5 nitrogen and oxygen atoms in total. The first-order chi connectivity index (χ1) is 8.17. The highest BCUT2D eigenvalue weighted by molar-refractivity contribution is 7.99. The molecule has 1 aromatic rings. The number of methoxy groups -OCH3 is 1. The van der Waals surface area contributed by atoms with Gasteiger partial charge in [0.15, 0.2) is 0 Å². The van der Waals surface area contributed by atoms with Gasteiger partial charge in [0.25, 0.3) is 0 Å². The van der Waals surface area contributed by atoms with E-state index in [9.17, 15) is 4.79 Å². The lowest BCUT2D eigenvalue weighted by atomic mass is 10.5. The van der Waals surface area contributed by atoms with Crippen LogP contribution >= 0.6 is 23.4 Å². The first kappa shape index (κ1) is 14.1. The van der Waals surface area contributed by atoms with Crippen molar-refractivity contribution in [2.75, 3.05) is 24.7 Å². The van der Waals surface area contributed by atoms with Crippen LogP contribution in [0.15, 0.2) is 11.2 Å². The van der Waals surface area contributed by atoms with E-state index in [1.165, 1.54) is 18.9 Å². The summed E-state index contributed by atoms with van der Waals surface area (Å²) in [7, 11) is 1.37. The Kier molecular flexibility index (Phi) is 6.07. The predicted molar refractivity (Wildman–Crippen MR) is 68.6 cm³/mol. The maximum atomic E-state index is 10.9. The standard InChI is InChI=1S/C10H14ClN3O2S/c1-3-12-10-13-6-7(11)9(14-10)17-5-4-8(15)16-2/h6H,3-5H2,1-2H3,(H,12,13,14). The maximum Gasteiger partial charge on any atom is 0.306 e. The molecule has 1 rings (SSSR count). The third-order valence-corrected chi connectivity index (χ3v) is 3.20. The number of ether oxygens (including phenoxy) is 1. The maximum absolute atomic E-state index is 10.9. The number of nitrogens with one attached hydrogen (secondary N) is 1. The lowest BCUT2D eigenvalue weighted by Gasteiger charge is -2.05. The highest BCUT2D eigenvalue weighted by atomic mass is 35.5. The van der Waals surface area contributed by atoms with Crippen molar-refractivity contribution < 1.29 is 9.53 Å². The Labute approximate surface area is 109 Å². The van der Waals surface area contributed by atoms with Crippen molar-refractivity contribution in [2.45, 2.75) is 18.4 Å². The van der Waals surface area contributed by atoms with Crippen molar-refractivity contribution in [1.29, 1.82) is 0 Å². The van der Waals surface area contributed by atoms with Crippen LogP contribution in [0.4, 0.5) is 5.95 Å². The lowest BCUT2D eigenvalue weighted by Crippen LogP contribution is -2.04. The Morgan fingerprint density at radius 2 is 2.41 bits per heavy atom. The minimum Gasteiger partial charge on any atom is -0.469 e. The molecule has 94 valence electrons. The van der Waals surface area contributed by atoms with Crippen LogP contribution in [0, 0.1) is 0 Å². The molecule has 1 heterocycles. The van der Waals surface area contributed by atoms with Gasteiger partial charge < -0.3 is 10.1 Å². The number of anilines is 1. The number of esters is 1. The van der Waals surface area contributed by atoms with Crippen molar-refractivity contribution in [3.05, 3.63) is 11.2 Å². The summed E-state index contributed by atoms with van der Waals surface area (Å²) in [5.74, 6) is 0.877. The van der Waals surface area contributed by atoms with Gasteiger partial charge in [-0.3, -0.25) is 4.79 Å². The number of carbonyl (C=O) groups is 1. The number of aromatic nitrogens is 2. The highest BCUT2D eigenvalue weighted by Crippen LogP contribution is 2.25. The summed E-state index contributed by atoms with van der Waals surface area (Å²) in [4.78, 5) is 19.2. The molecule has 0 fully saturated rings. The van der Waals surface area contributed by atoms with Gasteiger partial charge in [-0.2, -0.15) is 0 Å². The van der Waals surface area contributed by atoms with E-state index >= 15 is 0 Å². The van der Waals surface area contributed by atoms with Crippen LogP contribution in [-0.2, 0) is 9.53 Å². The van der Waals surface area contributed by atoms with E-state index in [4.69, 9.17) is 11.6 Å². The summed E-state index contributed by atoms with van der Waals surface area (Å²) in [5.41, 5.74) is 0. The second kappa shape index (κ2) is 7.34. The van der Waals surface area contributed by atoms with Crippen LogP contribution < -0.4 is 5.32 Å². The van der Waals surface area contributed by atoms with E-state index in [0.29, 0.717) is 28.2 Å². The van der Waals surface area contributed by atoms with E-state index in [1.54, 1.807) is 6.20 Å². The Balaban J connectivity index is 2.56. The Morgan fingerprint density at radius 3 is 3.06 bits per heavy atom. The van der Waals surface area contributed by atoms with Crippen molar-refractivity contribution >= 4 is 35.3 Å². The molecule has 0 atom stereocenters.